The maximum atomic E-state index is 12.4. The van der Waals surface area contributed by atoms with Gasteiger partial charge < -0.3 is 15.7 Å². The van der Waals surface area contributed by atoms with Gasteiger partial charge in [0.05, 0.1) is 17.6 Å². The van der Waals surface area contributed by atoms with Crippen molar-refractivity contribution in [3.63, 3.8) is 0 Å². The lowest BCUT2D eigenvalue weighted by Crippen LogP contribution is -2.43. The van der Waals surface area contributed by atoms with E-state index in [1.54, 1.807) is 10.9 Å². The van der Waals surface area contributed by atoms with Crippen LogP contribution in [0.25, 0.3) is 11.0 Å². The normalized spacial score (nSPS) is 16.8. The zero-order chi connectivity index (χ0) is 17.8. The van der Waals surface area contributed by atoms with Crippen LogP contribution in [0.1, 0.15) is 44.2 Å². The Balaban J connectivity index is 1.67. The van der Waals surface area contributed by atoms with E-state index < -0.39 is 0 Å². The molecular formula is C18H27N5O2. The highest BCUT2D eigenvalue weighted by atomic mass is 16.3. The van der Waals surface area contributed by atoms with Crippen molar-refractivity contribution in [2.24, 2.45) is 13.0 Å². The number of carbonyl (C=O) groups excluding carboxylic acids is 1. The maximum absolute atomic E-state index is 12.4. The Morgan fingerprint density at radius 3 is 2.88 bits per heavy atom. The number of rotatable bonds is 5. The highest BCUT2D eigenvalue weighted by Gasteiger charge is 2.24. The summed E-state index contributed by atoms with van der Waals surface area (Å²) >= 11 is 0. The second-order valence-electron chi connectivity index (χ2n) is 6.92. The monoisotopic (exact) mass is 345 g/mol. The first-order chi connectivity index (χ1) is 12.1. The minimum absolute atomic E-state index is 0.0159. The number of amides is 2. The smallest absolute Gasteiger partial charge is 0.319 e. The average molecular weight is 345 g/mol. The summed E-state index contributed by atoms with van der Waals surface area (Å²) in [6.07, 6.45) is 8.15. The van der Waals surface area contributed by atoms with Crippen LogP contribution in [-0.2, 0) is 7.05 Å². The van der Waals surface area contributed by atoms with Crippen molar-refractivity contribution in [3.8, 4) is 0 Å². The third kappa shape index (κ3) is 4.10. The topological polar surface area (TPSA) is 92.1 Å². The van der Waals surface area contributed by atoms with E-state index in [0.717, 1.165) is 29.6 Å². The Morgan fingerprint density at radius 1 is 1.40 bits per heavy atom. The summed E-state index contributed by atoms with van der Waals surface area (Å²) in [5, 5.41) is 20.5. The highest BCUT2D eigenvalue weighted by molar-refractivity contribution is 5.92. The Morgan fingerprint density at radius 2 is 2.16 bits per heavy atom. The molecule has 1 saturated carbocycles. The summed E-state index contributed by atoms with van der Waals surface area (Å²) in [5.74, 6) is 0.452. The zero-order valence-corrected chi connectivity index (χ0v) is 15.0. The predicted molar refractivity (Wildman–Crippen MR) is 97.5 cm³/mol. The molecule has 2 aromatic heterocycles. The molecule has 2 aromatic rings. The molecule has 0 saturated heterocycles. The number of aliphatic hydroxyl groups is 1. The van der Waals surface area contributed by atoms with Crippen molar-refractivity contribution in [2.75, 3.05) is 11.9 Å². The molecule has 7 heteroatoms. The molecule has 136 valence electrons. The number of aromatic nitrogens is 3. The Hall–Kier alpha value is -2.15. The third-order valence-electron chi connectivity index (χ3n) is 5.10. The molecule has 25 heavy (non-hydrogen) atoms. The van der Waals surface area contributed by atoms with E-state index >= 15 is 0 Å². The highest BCUT2D eigenvalue weighted by Crippen LogP contribution is 2.28. The molecule has 1 atom stereocenters. The van der Waals surface area contributed by atoms with Gasteiger partial charge in [0.15, 0.2) is 5.65 Å². The fourth-order valence-corrected chi connectivity index (χ4v) is 3.81. The minimum Gasteiger partial charge on any atom is -0.396 e. The number of aryl methyl sites for hydroxylation is 2. The van der Waals surface area contributed by atoms with E-state index in [4.69, 9.17) is 0 Å². The summed E-state index contributed by atoms with van der Waals surface area (Å²) in [6, 6.07) is 1.67. The fourth-order valence-electron chi connectivity index (χ4n) is 3.81. The van der Waals surface area contributed by atoms with Crippen LogP contribution in [0.4, 0.5) is 10.5 Å². The minimum atomic E-state index is -0.244. The van der Waals surface area contributed by atoms with Gasteiger partial charge in [-0.3, -0.25) is 4.68 Å². The van der Waals surface area contributed by atoms with Crippen molar-refractivity contribution < 1.29 is 9.90 Å². The third-order valence-corrected chi connectivity index (χ3v) is 5.10. The second-order valence-corrected chi connectivity index (χ2v) is 6.92. The molecule has 0 radical (unpaired) electrons. The van der Waals surface area contributed by atoms with Crippen molar-refractivity contribution in [3.05, 3.63) is 18.0 Å². The molecule has 0 aliphatic heterocycles. The lowest BCUT2D eigenvalue weighted by molar-refractivity contribution is 0.202. The van der Waals surface area contributed by atoms with Crippen LogP contribution >= 0.6 is 0 Å². The van der Waals surface area contributed by atoms with Gasteiger partial charge in [0, 0.05) is 25.1 Å². The molecule has 1 aliphatic rings. The summed E-state index contributed by atoms with van der Waals surface area (Å²) < 4.78 is 1.73. The molecular weight excluding hydrogens is 318 g/mol. The molecule has 3 N–H and O–H groups in total. The van der Waals surface area contributed by atoms with Crippen molar-refractivity contribution in [2.45, 2.75) is 51.5 Å². The van der Waals surface area contributed by atoms with Crippen LogP contribution in [0.5, 0.6) is 0 Å². The van der Waals surface area contributed by atoms with Crippen LogP contribution in [0.2, 0.25) is 0 Å². The number of nitrogens with one attached hydrogen (secondary N) is 2. The average Bonchev–Trinajstić information content (AvgIpc) is 2.89. The first kappa shape index (κ1) is 17.7. The van der Waals surface area contributed by atoms with E-state index in [-0.39, 0.29) is 18.7 Å². The molecule has 1 unspecified atom stereocenters. The van der Waals surface area contributed by atoms with E-state index in [2.05, 4.69) is 20.7 Å². The van der Waals surface area contributed by atoms with Gasteiger partial charge in [0.25, 0.3) is 0 Å². The molecule has 2 heterocycles. The molecule has 3 rings (SSSR count). The van der Waals surface area contributed by atoms with Crippen LogP contribution in [0, 0.1) is 12.8 Å². The van der Waals surface area contributed by atoms with Gasteiger partial charge in [-0.25, -0.2) is 9.78 Å². The first-order valence-corrected chi connectivity index (χ1v) is 9.06. The number of anilines is 1. The Labute approximate surface area is 147 Å². The van der Waals surface area contributed by atoms with Crippen molar-refractivity contribution >= 4 is 22.8 Å². The van der Waals surface area contributed by atoms with Crippen LogP contribution in [0.3, 0.4) is 0 Å². The lowest BCUT2D eigenvalue weighted by atomic mass is 9.83. The molecule has 7 nitrogen and oxygen atoms in total. The predicted octanol–water partition coefficient (Wildman–Crippen LogP) is 2.73. The van der Waals surface area contributed by atoms with Crippen LogP contribution in [-0.4, -0.2) is 38.6 Å². The number of carbonyl (C=O) groups is 1. The quantitative estimate of drug-likeness (QED) is 0.777. The number of fused-ring (bicyclic) bond motifs is 1. The Bertz CT molecular complexity index is 736. The summed E-state index contributed by atoms with van der Waals surface area (Å²) in [7, 11) is 1.85. The van der Waals surface area contributed by atoms with Gasteiger partial charge in [-0.2, -0.15) is 5.10 Å². The molecule has 1 aliphatic carbocycles. The lowest BCUT2D eigenvalue weighted by Gasteiger charge is -2.30. The van der Waals surface area contributed by atoms with Crippen LogP contribution in [0.15, 0.2) is 12.3 Å². The van der Waals surface area contributed by atoms with Gasteiger partial charge in [0.2, 0.25) is 0 Å². The largest absolute Gasteiger partial charge is 0.396 e. The van der Waals surface area contributed by atoms with Gasteiger partial charge in [-0.1, -0.05) is 19.3 Å². The zero-order valence-electron chi connectivity index (χ0n) is 15.0. The molecule has 1 fully saturated rings. The number of aliphatic hydroxyl groups excluding tert-OH is 1. The first-order valence-electron chi connectivity index (χ1n) is 9.06. The summed E-state index contributed by atoms with van der Waals surface area (Å²) in [6.45, 7) is 2.01. The standard InChI is InChI=1S/C18H27N5O2/c1-12-15-10-14(11-19-17(15)23(2)22-12)20-18(25)21-16(8-9-24)13-6-4-3-5-7-13/h10-11,13,16,24H,3-9H2,1-2H3,(H2,20,21,25). The molecule has 0 spiro atoms. The molecule has 0 aromatic carbocycles. The van der Waals surface area contributed by atoms with E-state index in [1.165, 1.54) is 19.3 Å². The van der Waals surface area contributed by atoms with Crippen LogP contribution < -0.4 is 10.6 Å². The summed E-state index contributed by atoms with van der Waals surface area (Å²) in [5.41, 5.74) is 2.32. The number of hydrogen-bond donors (Lipinski definition) is 3. The van der Waals surface area contributed by atoms with Gasteiger partial charge in [-0.15, -0.1) is 0 Å². The number of nitrogens with zero attached hydrogens (tertiary/aromatic N) is 3. The Kier molecular flexibility index (Phi) is 5.53. The maximum Gasteiger partial charge on any atom is 0.319 e. The number of pyridine rings is 1. The molecule has 2 amide bonds. The van der Waals surface area contributed by atoms with Crippen molar-refractivity contribution in [1.29, 1.82) is 0 Å². The summed E-state index contributed by atoms with van der Waals surface area (Å²) in [4.78, 5) is 16.8. The van der Waals surface area contributed by atoms with Gasteiger partial charge in [0.1, 0.15) is 0 Å². The van der Waals surface area contributed by atoms with E-state index in [1.807, 2.05) is 20.0 Å². The number of hydrogen-bond acceptors (Lipinski definition) is 4. The van der Waals surface area contributed by atoms with Gasteiger partial charge >= 0.3 is 6.03 Å². The molecule has 0 bridgehead atoms. The second kappa shape index (κ2) is 7.82. The number of urea groups is 1. The van der Waals surface area contributed by atoms with E-state index in [9.17, 15) is 9.90 Å². The fraction of sp³-hybridized carbons (Fsp3) is 0.611. The van der Waals surface area contributed by atoms with Crippen molar-refractivity contribution in [1.82, 2.24) is 20.1 Å². The van der Waals surface area contributed by atoms with Gasteiger partial charge in [-0.05, 0) is 38.2 Å². The van der Waals surface area contributed by atoms with E-state index in [0.29, 0.717) is 18.0 Å². The SMILES string of the molecule is Cc1nn(C)c2ncc(NC(=O)NC(CCO)C3CCCCC3)cc12.